The summed E-state index contributed by atoms with van der Waals surface area (Å²) in [5, 5.41) is 3.62. The van der Waals surface area contributed by atoms with E-state index in [-0.39, 0.29) is 23.1 Å². The summed E-state index contributed by atoms with van der Waals surface area (Å²) in [5.74, 6) is 0.851. The molecule has 0 radical (unpaired) electrons. The molecule has 2 unspecified atom stereocenters. The minimum Gasteiger partial charge on any atom is -0.308 e. The van der Waals surface area contributed by atoms with Crippen molar-refractivity contribution in [1.29, 1.82) is 0 Å². The van der Waals surface area contributed by atoms with Crippen molar-refractivity contribution >= 4 is 11.8 Å². The third-order valence-electron chi connectivity index (χ3n) is 4.38. The predicted molar refractivity (Wildman–Crippen MR) is 73.3 cm³/mol. The van der Waals surface area contributed by atoms with Crippen LogP contribution in [0.2, 0.25) is 0 Å². The van der Waals surface area contributed by atoms with E-state index in [0.29, 0.717) is 18.5 Å². The number of nitrogens with zero attached hydrogens (tertiary/aromatic N) is 1. The SMILES string of the molecule is CCC1CNC(C)(C2CC2)CN1CCSC(F)(F)F. The number of piperazine rings is 1. The molecule has 0 amide bonds. The molecule has 0 aromatic carbocycles. The smallest absolute Gasteiger partial charge is 0.308 e. The van der Waals surface area contributed by atoms with Crippen molar-refractivity contribution in [2.75, 3.05) is 25.4 Å². The van der Waals surface area contributed by atoms with Crippen LogP contribution in [0.4, 0.5) is 13.2 Å². The number of hydrogen-bond acceptors (Lipinski definition) is 3. The molecule has 2 fully saturated rings. The lowest BCUT2D eigenvalue weighted by Gasteiger charge is -2.46. The highest BCUT2D eigenvalue weighted by atomic mass is 32.2. The Balaban J connectivity index is 1.87. The molecule has 0 aromatic rings. The van der Waals surface area contributed by atoms with E-state index in [4.69, 9.17) is 0 Å². The van der Waals surface area contributed by atoms with E-state index < -0.39 is 5.51 Å². The Morgan fingerprint density at radius 3 is 2.58 bits per heavy atom. The van der Waals surface area contributed by atoms with Gasteiger partial charge in [-0.05, 0) is 43.9 Å². The van der Waals surface area contributed by atoms with E-state index in [1.807, 2.05) is 0 Å². The Hall–Kier alpha value is 0.0600. The summed E-state index contributed by atoms with van der Waals surface area (Å²) >= 11 is 0.102. The molecule has 1 aliphatic heterocycles. The van der Waals surface area contributed by atoms with Crippen LogP contribution in [0.1, 0.15) is 33.1 Å². The van der Waals surface area contributed by atoms with Crippen LogP contribution in [0.3, 0.4) is 0 Å². The topological polar surface area (TPSA) is 15.3 Å². The van der Waals surface area contributed by atoms with Gasteiger partial charge >= 0.3 is 5.51 Å². The van der Waals surface area contributed by atoms with Crippen LogP contribution >= 0.6 is 11.8 Å². The van der Waals surface area contributed by atoms with Crippen molar-refractivity contribution in [3.8, 4) is 0 Å². The molecule has 2 atom stereocenters. The number of nitrogens with one attached hydrogen (secondary N) is 1. The van der Waals surface area contributed by atoms with Crippen molar-refractivity contribution in [3.63, 3.8) is 0 Å². The quantitative estimate of drug-likeness (QED) is 0.839. The highest BCUT2D eigenvalue weighted by molar-refractivity contribution is 8.00. The molecule has 19 heavy (non-hydrogen) atoms. The van der Waals surface area contributed by atoms with E-state index in [1.54, 1.807) is 0 Å². The highest BCUT2D eigenvalue weighted by Crippen LogP contribution is 2.41. The summed E-state index contributed by atoms with van der Waals surface area (Å²) in [5.41, 5.74) is -4.00. The average Bonchev–Trinajstić information content (AvgIpc) is 3.11. The normalized spacial score (nSPS) is 33.6. The molecule has 1 heterocycles. The fraction of sp³-hybridized carbons (Fsp3) is 1.00. The van der Waals surface area contributed by atoms with Crippen LogP contribution in [-0.2, 0) is 0 Å². The first-order chi connectivity index (χ1) is 8.84. The third-order valence-corrected chi connectivity index (χ3v) is 5.10. The Morgan fingerprint density at radius 2 is 2.05 bits per heavy atom. The summed E-state index contributed by atoms with van der Waals surface area (Å²) in [6.07, 6.45) is 3.50. The van der Waals surface area contributed by atoms with E-state index in [1.165, 1.54) is 12.8 Å². The summed E-state index contributed by atoms with van der Waals surface area (Å²) < 4.78 is 36.6. The summed E-state index contributed by atoms with van der Waals surface area (Å²) in [6, 6.07) is 0.376. The second kappa shape index (κ2) is 5.82. The van der Waals surface area contributed by atoms with Crippen LogP contribution in [0.25, 0.3) is 0 Å². The molecule has 1 N–H and O–H groups in total. The molecular weight excluding hydrogens is 273 g/mol. The lowest BCUT2D eigenvalue weighted by Crippen LogP contribution is -2.64. The van der Waals surface area contributed by atoms with Crippen molar-refractivity contribution in [2.45, 2.75) is 50.2 Å². The third kappa shape index (κ3) is 4.26. The molecule has 6 heteroatoms. The first kappa shape index (κ1) is 15.4. The zero-order valence-electron chi connectivity index (χ0n) is 11.6. The second-order valence-electron chi connectivity index (χ2n) is 5.90. The predicted octanol–water partition coefficient (Wildman–Crippen LogP) is 3.09. The number of alkyl halides is 3. The van der Waals surface area contributed by atoms with Crippen molar-refractivity contribution in [1.82, 2.24) is 10.2 Å². The fourth-order valence-electron chi connectivity index (χ4n) is 3.02. The first-order valence-corrected chi connectivity index (χ1v) is 8.02. The minimum atomic E-state index is -4.10. The Kier molecular flexibility index (Phi) is 4.73. The zero-order chi connectivity index (χ0) is 14.1. The highest BCUT2D eigenvalue weighted by Gasteiger charge is 2.45. The summed E-state index contributed by atoms with van der Waals surface area (Å²) in [6.45, 7) is 6.65. The van der Waals surface area contributed by atoms with Crippen LogP contribution in [-0.4, -0.2) is 47.4 Å². The van der Waals surface area contributed by atoms with Gasteiger partial charge in [-0.2, -0.15) is 13.2 Å². The number of halogens is 3. The van der Waals surface area contributed by atoms with Gasteiger partial charge < -0.3 is 5.32 Å². The molecule has 2 aliphatic rings. The standard InChI is InChI=1S/C13H23F3N2S/c1-3-11-8-17-12(2,10-4-5-10)9-18(11)6-7-19-13(14,15)16/h10-11,17H,3-9H2,1-2H3. The van der Waals surface area contributed by atoms with Gasteiger partial charge in [-0.15, -0.1) is 0 Å². The van der Waals surface area contributed by atoms with Gasteiger partial charge in [0.15, 0.2) is 0 Å². The molecule has 2 rings (SSSR count). The van der Waals surface area contributed by atoms with E-state index in [0.717, 1.165) is 19.5 Å². The zero-order valence-corrected chi connectivity index (χ0v) is 12.4. The van der Waals surface area contributed by atoms with Gasteiger partial charge in [0.1, 0.15) is 0 Å². The van der Waals surface area contributed by atoms with Crippen molar-refractivity contribution < 1.29 is 13.2 Å². The van der Waals surface area contributed by atoms with Crippen molar-refractivity contribution in [3.05, 3.63) is 0 Å². The fourth-order valence-corrected chi connectivity index (χ4v) is 3.58. The van der Waals surface area contributed by atoms with Gasteiger partial charge in [0.25, 0.3) is 0 Å². The minimum absolute atomic E-state index is 0.102. The maximum atomic E-state index is 12.2. The van der Waals surface area contributed by atoms with Crippen LogP contribution in [0.15, 0.2) is 0 Å². The van der Waals surface area contributed by atoms with Gasteiger partial charge in [-0.25, -0.2) is 0 Å². The molecule has 2 nitrogen and oxygen atoms in total. The van der Waals surface area contributed by atoms with Gasteiger partial charge in [-0.1, -0.05) is 6.92 Å². The lowest BCUT2D eigenvalue weighted by atomic mass is 9.90. The second-order valence-corrected chi connectivity index (χ2v) is 7.06. The molecule has 0 aromatic heterocycles. The van der Waals surface area contributed by atoms with Crippen LogP contribution < -0.4 is 5.32 Å². The van der Waals surface area contributed by atoms with E-state index in [9.17, 15) is 13.2 Å². The molecule has 112 valence electrons. The molecule has 0 bridgehead atoms. The molecule has 1 saturated heterocycles. The largest absolute Gasteiger partial charge is 0.441 e. The van der Waals surface area contributed by atoms with Gasteiger partial charge in [0, 0.05) is 37.0 Å². The molecular formula is C13H23F3N2S. The van der Waals surface area contributed by atoms with Crippen LogP contribution in [0, 0.1) is 5.92 Å². The maximum absolute atomic E-state index is 12.2. The maximum Gasteiger partial charge on any atom is 0.441 e. The summed E-state index contributed by atoms with van der Waals surface area (Å²) in [7, 11) is 0. The van der Waals surface area contributed by atoms with Gasteiger partial charge in [0.05, 0.1) is 0 Å². The number of thioether (sulfide) groups is 1. The van der Waals surface area contributed by atoms with E-state index >= 15 is 0 Å². The van der Waals surface area contributed by atoms with Crippen molar-refractivity contribution in [2.24, 2.45) is 5.92 Å². The number of hydrogen-bond donors (Lipinski definition) is 1. The summed E-state index contributed by atoms with van der Waals surface area (Å²) in [4.78, 5) is 2.26. The van der Waals surface area contributed by atoms with Gasteiger partial charge in [-0.3, -0.25) is 4.90 Å². The molecule has 0 spiro atoms. The molecule has 1 aliphatic carbocycles. The monoisotopic (exact) mass is 296 g/mol. The number of rotatable bonds is 5. The van der Waals surface area contributed by atoms with E-state index in [2.05, 4.69) is 24.1 Å². The average molecular weight is 296 g/mol. The van der Waals surface area contributed by atoms with Gasteiger partial charge in [0.2, 0.25) is 0 Å². The Bertz CT molecular complexity index is 307. The molecule has 1 saturated carbocycles. The Labute approximate surface area is 117 Å². The van der Waals surface area contributed by atoms with Crippen LogP contribution in [0.5, 0.6) is 0 Å². The first-order valence-electron chi connectivity index (χ1n) is 7.04. The Morgan fingerprint density at radius 1 is 1.37 bits per heavy atom. The lowest BCUT2D eigenvalue weighted by molar-refractivity contribution is -0.0330.